The van der Waals surface area contributed by atoms with Gasteiger partial charge in [0, 0.05) is 17.6 Å². The first-order valence-corrected chi connectivity index (χ1v) is 14.6. The largest absolute Gasteiger partial charge is 0.492 e. The predicted molar refractivity (Wildman–Crippen MR) is 152 cm³/mol. The third-order valence-electron chi connectivity index (χ3n) is 9.54. The molecule has 0 heterocycles. The molecule has 4 heteroatoms. The zero-order valence-corrected chi connectivity index (χ0v) is 22.6. The summed E-state index contributed by atoms with van der Waals surface area (Å²) < 4.78 is 11.5. The smallest absolute Gasteiger partial charge is 0.337 e. The van der Waals surface area contributed by atoms with E-state index in [0.29, 0.717) is 17.6 Å². The second-order valence-corrected chi connectivity index (χ2v) is 12.1. The number of carbonyl (C=O) groups is 1. The van der Waals surface area contributed by atoms with Crippen molar-refractivity contribution in [3.63, 3.8) is 0 Å². The minimum Gasteiger partial charge on any atom is -0.492 e. The van der Waals surface area contributed by atoms with Crippen LogP contribution in [0.1, 0.15) is 80.1 Å². The second kappa shape index (κ2) is 10.7. The Morgan fingerprint density at radius 2 is 1.53 bits per heavy atom. The van der Waals surface area contributed by atoms with E-state index in [0.717, 1.165) is 60.3 Å². The number of carbonyl (C=O) groups excluding carboxylic acids is 1. The van der Waals surface area contributed by atoms with E-state index in [1.54, 1.807) is 0 Å². The highest BCUT2D eigenvalue weighted by Gasteiger charge is 2.51. The van der Waals surface area contributed by atoms with E-state index in [1.165, 1.54) is 62.0 Å². The quantitative estimate of drug-likeness (QED) is 0.223. The van der Waals surface area contributed by atoms with E-state index in [-0.39, 0.29) is 12.6 Å². The van der Waals surface area contributed by atoms with Gasteiger partial charge in [0.25, 0.3) is 0 Å². The summed E-state index contributed by atoms with van der Waals surface area (Å²) in [5, 5.41) is 11.5. The van der Waals surface area contributed by atoms with Crippen LogP contribution in [0.15, 0.2) is 54.6 Å². The number of hydrogen-bond acceptors (Lipinski definition) is 4. The van der Waals surface area contributed by atoms with E-state index in [9.17, 15) is 4.79 Å². The standard InChI is InChI=1S/C34H40O4/c1-37-33(36)28-8-6-26(7-9-28)30-13-11-27-10-12-29(19-31(27)32(30)38-15-5-3-2-4-14-35)34-20-23-16-24(21-34)18-25(17-23)22-34/h6-13,19,23-25,35H,2-5,14-18,20-22H2,1H3. The van der Waals surface area contributed by atoms with Crippen molar-refractivity contribution in [3.8, 4) is 16.9 Å². The Bertz CT molecular complexity index is 1260. The zero-order valence-electron chi connectivity index (χ0n) is 22.6. The van der Waals surface area contributed by atoms with Gasteiger partial charge in [-0.15, -0.1) is 0 Å². The van der Waals surface area contributed by atoms with Crippen LogP contribution in [0.4, 0.5) is 0 Å². The van der Waals surface area contributed by atoms with Gasteiger partial charge in [-0.3, -0.25) is 0 Å². The molecule has 7 rings (SSSR count). The van der Waals surface area contributed by atoms with Crippen LogP contribution in [0, 0.1) is 17.8 Å². The van der Waals surface area contributed by atoms with E-state index in [4.69, 9.17) is 14.6 Å². The first-order valence-electron chi connectivity index (χ1n) is 14.6. The molecule has 0 saturated heterocycles. The molecular weight excluding hydrogens is 472 g/mol. The van der Waals surface area contributed by atoms with Crippen LogP contribution in [-0.4, -0.2) is 31.4 Å². The number of aliphatic hydroxyl groups is 1. The number of benzene rings is 3. The number of rotatable bonds is 10. The van der Waals surface area contributed by atoms with Gasteiger partial charge in [0.15, 0.2) is 0 Å². The summed E-state index contributed by atoms with van der Waals surface area (Å²) >= 11 is 0. The second-order valence-electron chi connectivity index (χ2n) is 12.1. The third kappa shape index (κ3) is 4.84. The Kier molecular flexibility index (Phi) is 7.18. The minimum atomic E-state index is -0.324. The fourth-order valence-electron chi connectivity index (χ4n) is 8.11. The summed E-state index contributed by atoms with van der Waals surface area (Å²) in [6, 6.07) is 19.2. The lowest BCUT2D eigenvalue weighted by Gasteiger charge is -2.57. The number of ether oxygens (including phenoxy) is 2. The summed E-state index contributed by atoms with van der Waals surface area (Å²) in [5.41, 5.74) is 4.49. The molecular formula is C34H40O4. The van der Waals surface area contributed by atoms with Gasteiger partial charge in [0.1, 0.15) is 5.75 Å². The summed E-state index contributed by atoms with van der Waals surface area (Å²) in [6.07, 6.45) is 12.3. The maximum absolute atomic E-state index is 12.0. The SMILES string of the molecule is COC(=O)c1ccc(-c2ccc3ccc(C45CC6CC(CC(C6)C4)C5)cc3c2OCCCCCCO)cc1. The van der Waals surface area contributed by atoms with Crippen LogP contribution in [0.3, 0.4) is 0 Å². The maximum Gasteiger partial charge on any atom is 0.337 e. The number of aliphatic hydroxyl groups excluding tert-OH is 1. The highest BCUT2D eigenvalue weighted by molar-refractivity contribution is 5.96. The summed E-state index contributed by atoms with van der Waals surface area (Å²) in [5.74, 6) is 3.35. The molecule has 4 aliphatic carbocycles. The molecule has 4 nitrogen and oxygen atoms in total. The van der Waals surface area contributed by atoms with Crippen LogP contribution < -0.4 is 4.74 Å². The molecule has 0 aliphatic heterocycles. The van der Waals surface area contributed by atoms with Gasteiger partial charge in [-0.25, -0.2) is 4.79 Å². The van der Waals surface area contributed by atoms with E-state index in [2.05, 4.69) is 30.3 Å². The number of methoxy groups -OCH3 is 1. The molecule has 4 bridgehead atoms. The maximum atomic E-state index is 12.0. The third-order valence-corrected chi connectivity index (χ3v) is 9.54. The van der Waals surface area contributed by atoms with E-state index >= 15 is 0 Å². The lowest BCUT2D eigenvalue weighted by Crippen LogP contribution is -2.48. The molecule has 3 aromatic carbocycles. The molecule has 4 aliphatic rings. The molecule has 38 heavy (non-hydrogen) atoms. The molecule has 4 saturated carbocycles. The van der Waals surface area contributed by atoms with Crippen molar-refractivity contribution in [1.82, 2.24) is 0 Å². The molecule has 0 amide bonds. The van der Waals surface area contributed by atoms with Crippen molar-refractivity contribution >= 4 is 16.7 Å². The Morgan fingerprint density at radius 1 is 0.868 bits per heavy atom. The number of fused-ring (bicyclic) bond motifs is 1. The molecule has 0 spiro atoms. The lowest BCUT2D eigenvalue weighted by molar-refractivity contribution is -0.00513. The van der Waals surface area contributed by atoms with Gasteiger partial charge < -0.3 is 14.6 Å². The first kappa shape index (κ1) is 25.4. The fourth-order valence-corrected chi connectivity index (χ4v) is 8.11. The average molecular weight is 513 g/mol. The molecule has 0 radical (unpaired) electrons. The van der Waals surface area contributed by atoms with Gasteiger partial charge in [0.2, 0.25) is 0 Å². The highest BCUT2D eigenvalue weighted by Crippen LogP contribution is 2.61. The van der Waals surface area contributed by atoms with Gasteiger partial charge in [-0.2, -0.15) is 0 Å². The average Bonchev–Trinajstić information content (AvgIpc) is 2.93. The van der Waals surface area contributed by atoms with Crippen LogP contribution in [0.5, 0.6) is 5.75 Å². The van der Waals surface area contributed by atoms with Crippen molar-refractivity contribution in [2.45, 2.75) is 69.6 Å². The molecule has 200 valence electrons. The first-order chi connectivity index (χ1) is 18.6. The van der Waals surface area contributed by atoms with Crippen LogP contribution in [-0.2, 0) is 10.2 Å². The van der Waals surface area contributed by atoms with Crippen molar-refractivity contribution in [2.75, 3.05) is 20.3 Å². The van der Waals surface area contributed by atoms with E-state index < -0.39 is 0 Å². The number of hydrogen-bond donors (Lipinski definition) is 1. The van der Waals surface area contributed by atoms with Gasteiger partial charge in [-0.1, -0.05) is 42.8 Å². The fraction of sp³-hybridized carbons (Fsp3) is 0.500. The van der Waals surface area contributed by atoms with Crippen molar-refractivity contribution in [2.24, 2.45) is 17.8 Å². The number of unbranched alkanes of at least 4 members (excludes halogenated alkanes) is 3. The van der Waals surface area contributed by atoms with Gasteiger partial charge in [-0.05, 0) is 116 Å². The monoisotopic (exact) mass is 512 g/mol. The summed E-state index contributed by atoms with van der Waals surface area (Å²) in [4.78, 5) is 12.0. The molecule has 0 atom stereocenters. The zero-order chi connectivity index (χ0) is 26.1. The summed E-state index contributed by atoms with van der Waals surface area (Å²) in [7, 11) is 1.41. The predicted octanol–water partition coefficient (Wildman–Crippen LogP) is 7.69. The Morgan fingerprint density at radius 3 is 2.18 bits per heavy atom. The van der Waals surface area contributed by atoms with Gasteiger partial charge in [0.05, 0.1) is 19.3 Å². The molecule has 3 aromatic rings. The summed E-state index contributed by atoms with van der Waals surface area (Å²) in [6.45, 7) is 0.905. The van der Waals surface area contributed by atoms with Crippen LogP contribution in [0.2, 0.25) is 0 Å². The van der Waals surface area contributed by atoms with Crippen molar-refractivity contribution in [1.29, 1.82) is 0 Å². The minimum absolute atomic E-state index is 0.253. The normalized spacial score (nSPS) is 25.6. The highest BCUT2D eigenvalue weighted by atomic mass is 16.5. The molecule has 4 fully saturated rings. The Balaban J connectivity index is 1.37. The topological polar surface area (TPSA) is 55.8 Å². The van der Waals surface area contributed by atoms with Crippen molar-refractivity contribution < 1.29 is 19.4 Å². The van der Waals surface area contributed by atoms with Crippen LogP contribution in [0.25, 0.3) is 21.9 Å². The van der Waals surface area contributed by atoms with Crippen molar-refractivity contribution in [3.05, 3.63) is 65.7 Å². The lowest BCUT2D eigenvalue weighted by atomic mass is 9.48. The Hall–Kier alpha value is -2.85. The molecule has 0 aromatic heterocycles. The van der Waals surface area contributed by atoms with Crippen LogP contribution >= 0.6 is 0 Å². The molecule has 1 N–H and O–H groups in total. The number of esters is 1. The Labute approximate surface area is 226 Å². The van der Waals surface area contributed by atoms with Gasteiger partial charge >= 0.3 is 5.97 Å². The van der Waals surface area contributed by atoms with E-state index in [1.807, 2.05) is 24.3 Å². The molecule has 0 unspecified atom stereocenters.